The van der Waals surface area contributed by atoms with Crippen molar-refractivity contribution in [1.29, 1.82) is 0 Å². The SMILES string of the molecule is O=S1(=O)CC(NCC2(O)CCSC2)C1. The summed E-state index contributed by atoms with van der Waals surface area (Å²) in [5.41, 5.74) is -0.607. The van der Waals surface area contributed by atoms with E-state index in [9.17, 15) is 13.5 Å². The van der Waals surface area contributed by atoms with Crippen LogP contribution < -0.4 is 5.32 Å². The third-order valence-electron chi connectivity index (χ3n) is 2.71. The molecule has 0 aromatic carbocycles. The summed E-state index contributed by atoms with van der Waals surface area (Å²) in [4.78, 5) is 0. The molecule has 2 rings (SSSR count). The van der Waals surface area contributed by atoms with Gasteiger partial charge in [0.1, 0.15) is 0 Å². The van der Waals surface area contributed by atoms with Crippen LogP contribution in [0.15, 0.2) is 0 Å². The molecule has 0 aromatic heterocycles. The molecule has 14 heavy (non-hydrogen) atoms. The Morgan fingerprint density at radius 2 is 2.21 bits per heavy atom. The lowest BCUT2D eigenvalue weighted by atomic mass is 10.0. The van der Waals surface area contributed by atoms with E-state index in [0.29, 0.717) is 6.54 Å². The van der Waals surface area contributed by atoms with Crippen molar-refractivity contribution in [3.8, 4) is 0 Å². The maximum absolute atomic E-state index is 10.9. The van der Waals surface area contributed by atoms with Gasteiger partial charge in [0.05, 0.1) is 17.1 Å². The van der Waals surface area contributed by atoms with Gasteiger partial charge in [-0.2, -0.15) is 11.8 Å². The van der Waals surface area contributed by atoms with Gasteiger partial charge >= 0.3 is 0 Å². The van der Waals surface area contributed by atoms with Gasteiger partial charge in [-0.05, 0) is 12.2 Å². The molecule has 2 fully saturated rings. The lowest BCUT2D eigenvalue weighted by Crippen LogP contribution is -2.55. The van der Waals surface area contributed by atoms with Crippen LogP contribution in [-0.2, 0) is 9.84 Å². The smallest absolute Gasteiger partial charge is 0.153 e. The fourth-order valence-electron chi connectivity index (χ4n) is 1.75. The molecule has 1 unspecified atom stereocenters. The van der Waals surface area contributed by atoms with Crippen LogP contribution >= 0.6 is 11.8 Å². The minimum absolute atomic E-state index is 0.0645. The van der Waals surface area contributed by atoms with Crippen molar-refractivity contribution in [2.75, 3.05) is 29.6 Å². The molecule has 2 N–H and O–H groups in total. The van der Waals surface area contributed by atoms with Crippen LogP contribution in [0.4, 0.5) is 0 Å². The Bertz CT molecular complexity index is 297. The van der Waals surface area contributed by atoms with Crippen molar-refractivity contribution in [2.24, 2.45) is 0 Å². The van der Waals surface area contributed by atoms with Crippen LogP contribution in [0.25, 0.3) is 0 Å². The van der Waals surface area contributed by atoms with E-state index < -0.39 is 15.4 Å². The minimum atomic E-state index is -2.75. The van der Waals surface area contributed by atoms with Gasteiger partial charge in [-0.1, -0.05) is 0 Å². The van der Waals surface area contributed by atoms with Gasteiger partial charge in [0, 0.05) is 18.3 Å². The second-order valence-corrected chi connectivity index (χ2v) is 7.44. The average molecular weight is 237 g/mol. The lowest BCUT2D eigenvalue weighted by Gasteiger charge is -2.30. The molecule has 2 saturated heterocycles. The Balaban J connectivity index is 1.73. The number of thioether (sulfide) groups is 1. The van der Waals surface area contributed by atoms with Crippen molar-refractivity contribution >= 4 is 21.6 Å². The quantitative estimate of drug-likeness (QED) is 0.675. The van der Waals surface area contributed by atoms with E-state index in [1.165, 1.54) is 0 Å². The average Bonchev–Trinajstić information content (AvgIpc) is 2.45. The molecule has 0 radical (unpaired) electrons. The second-order valence-electron chi connectivity index (χ2n) is 4.18. The van der Waals surface area contributed by atoms with Crippen molar-refractivity contribution in [3.63, 3.8) is 0 Å². The molecule has 0 amide bonds. The van der Waals surface area contributed by atoms with Gasteiger partial charge < -0.3 is 10.4 Å². The summed E-state index contributed by atoms with van der Waals surface area (Å²) in [6, 6.07) is 0.0645. The van der Waals surface area contributed by atoms with E-state index in [1.807, 2.05) is 0 Å². The molecule has 0 saturated carbocycles. The highest BCUT2D eigenvalue weighted by Crippen LogP contribution is 2.27. The lowest BCUT2D eigenvalue weighted by molar-refractivity contribution is 0.0654. The van der Waals surface area contributed by atoms with Crippen molar-refractivity contribution in [2.45, 2.75) is 18.1 Å². The number of hydrogen-bond donors (Lipinski definition) is 2. The number of rotatable bonds is 3. The number of hydrogen-bond acceptors (Lipinski definition) is 5. The first kappa shape index (κ1) is 10.7. The minimum Gasteiger partial charge on any atom is -0.388 e. The maximum Gasteiger partial charge on any atom is 0.153 e. The Hall–Kier alpha value is 0.220. The van der Waals surface area contributed by atoms with E-state index in [1.54, 1.807) is 11.8 Å². The van der Waals surface area contributed by atoms with Crippen LogP contribution in [0, 0.1) is 0 Å². The van der Waals surface area contributed by atoms with Gasteiger partial charge in [0.25, 0.3) is 0 Å². The van der Waals surface area contributed by atoms with Gasteiger partial charge in [0.15, 0.2) is 9.84 Å². The molecule has 0 spiro atoms. The normalized spacial score (nSPS) is 36.9. The summed E-state index contributed by atoms with van der Waals surface area (Å²) < 4.78 is 21.7. The Morgan fingerprint density at radius 1 is 1.50 bits per heavy atom. The summed E-state index contributed by atoms with van der Waals surface area (Å²) >= 11 is 1.75. The fraction of sp³-hybridized carbons (Fsp3) is 1.00. The molecule has 0 bridgehead atoms. The largest absolute Gasteiger partial charge is 0.388 e. The Morgan fingerprint density at radius 3 is 2.71 bits per heavy atom. The highest BCUT2D eigenvalue weighted by atomic mass is 32.2. The van der Waals surface area contributed by atoms with Crippen molar-refractivity contribution in [3.05, 3.63) is 0 Å². The van der Waals surface area contributed by atoms with E-state index in [4.69, 9.17) is 0 Å². The number of sulfone groups is 1. The first-order valence-electron chi connectivity index (χ1n) is 4.73. The molecular weight excluding hydrogens is 222 g/mol. The summed E-state index contributed by atoms with van der Waals surface area (Å²) in [6.45, 7) is 0.528. The molecule has 82 valence electrons. The van der Waals surface area contributed by atoms with E-state index in [2.05, 4.69) is 5.32 Å². The van der Waals surface area contributed by atoms with E-state index in [-0.39, 0.29) is 17.5 Å². The van der Waals surface area contributed by atoms with Crippen LogP contribution in [-0.4, -0.2) is 54.7 Å². The number of nitrogens with one attached hydrogen (secondary N) is 1. The zero-order valence-electron chi connectivity index (χ0n) is 7.90. The highest BCUT2D eigenvalue weighted by molar-refractivity contribution is 7.99. The summed E-state index contributed by atoms with van der Waals surface area (Å²) in [6.07, 6.45) is 0.810. The maximum atomic E-state index is 10.9. The Kier molecular flexibility index (Phi) is 2.81. The van der Waals surface area contributed by atoms with Gasteiger partial charge in [-0.25, -0.2) is 8.42 Å². The third-order valence-corrected chi connectivity index (χ3v) is 5.77. The predicted molar refractivity (Wildman–Crippen MR) is 57.3 cm³/mol. The molecule has 2 heterocycles. The molecular formula is C8H15NO3S2. The molecule has 2 aliphatic rings. The van der Waals surface area contributed by atoms with Crippen LogP contribution in [0.5, 0.6) is 0 Å². The van der Waals surface area contributed by atoms with Gasteiger partial charge in [0.2, 0.25) is 0 Å². The predicted octanol–water partition coefficient (Wildman–Crippen LogP) is -0.759. The highest BCUT2D eigenvalue weighted by Gasteiger charge is 2.37. The molecule has 2 aliphatic heterocycles. The molecule has 0 aromatic rings. The van der Waals surface area contributed by atoms with Crippen LogP contribution in [0.2, 0.25) is 0 Å². The molecule has 0 aliphatic carbocycles. The fourth-order valence-corrected chi connectivity index (χ4v) is 4.41. The van der Waals surface area contributed by atoms with Gasteiger partial charge in [-0.3, -0.25) is 0 Å². The Labute approximate surface area is 88.4 Å². The molecule has 6 heteroatoms. The number of aliphatic hydroxyl groups is 1. The van der Waals surface area contributed by atoms with E-state index in [0.717, 1.165) is 17.9 Å². The van der Waals surface area contributed by atoms with Gasteiger partial charge in [-0.15, -0.1) is 0 Å². The third kappa shape index (κ3) is 2.42. The van der Waals surface area contributed by atoms with Crippen LogP contribution in [0.3, 0.4) is 0 Å². The summed E-state index contributed by atoms with van der Waals surface area (Å²) in [5.74, 6) is 2.23. The van der Waals surface area contributed by atoms with Crippen LogP contribution in [0.1, 0.15) is 6.42 Å². The van der Waals surface area contributed by atoms with Crippen molar-refractivity contribution in [1.82, 2.24) is 5.32 Å². The zero-order valence-corrected chi connectivity index (χ0v) is 9.53. The molecule has 4 nitrogen and oxygen atoms in total. The first-order valence-corrected chi connectivity index (χ1v) is 7.71. The first-order chi connectivity index (χ1) is 6.49. The van der Waals surface area contributed by atoms with Crippen molar-refractivity contribution < 1.29 is 13.5 Å². The van der Waals surface area contributed by atoms with E-state index >= 15 is 0 Å². The standard InChI is InChI=1S/C8H15NO3S2/c10-8(1-2-13-6-8)5-9-7-3-14(11,12)4-7/h7,9-10H,1-6H2. The zero-order chi connectivity index (χ0) is 10.2. The summed E-state index contributed by atoms with van der Waals surface area (Å²) in [7, 11) is -2.75. The second kappa shape index (κ2) is 3.66. The molecule has 1 atom stereocenters. The topological polar surface area (TPSA) is 66.4 Å². The monoisotopic (exact) mass is 237 g/mol. The summed E-state index contributed by atoms with van der Waals surface area (Å²) in [5, 5.41) is 13.1.